The number of anilines is 1. The van der Waals surface area contributed by atoms with Gasteiger partial charge in [-0.25, -0.2) is 4.98 Å². The van der Waals surface area contributed by atoms with Gasteiger partial charge in [0.1, 0.15) is 5.75 Å². The number of benzene rings is 2. The van der Waals surface area contributed by atoms with Crippen molar-refractivity contribution in [1.82, 2.24) is 4.98 Å². The molecule has 0 spiro atoms. The molecule has 0 aliphatic heterocycles. The van der Waals surface area contributed by atoms with E-state index in [4.69, 9.17) is 4.74 Å². The van der Waals surface area contributed by atoms with E-state index >= 15 is 0 Å². The van der Waals surface area contributed by atoms with Crippen LogP contribution in [0.1, 0.15) is 25.3 Å². The molecule has 0 aliphatic rings. The Hall–Kier alpha value is -2.05. The summed E-state index contributed by atoms with van der Waals surface area (Å²) >= 11 is 3.00. The van der Waals surface area contributed by atoms with Crippen LogP contribution in [0.2, 0.25) is 0 Å². The maximum Gasteiger partial charge on any atom is 0.236 e. The minimum Gasteiger partial charge on any atom is -0.497 e. The zero-order chi connectivity index (χ0) is 17.8. The van der Waals surface area contributed by atoms with Crippen molar-refractivity contribution >= 4 is 44.4 Å². The van der Waals surface area contributed by atoms with E-state index in [1.54, 1.807) is 7.11 Å². The summed E-state index contributed by atoms with van der Waals surface area (Å²) in [5.41, 5.74) is 2.21. The number of rotatable bonds is 6. The molecule has 1 N–H and O–H groups in total. The van der Waals surface area contributed by atoms with Gasteiger partial charge in [-0.1, -0.05) is 31.3 Å². The van der Waals surface area contributed by atoms with Crippen molar-refractivity contribution in [3.05, 3.63) is 48.0 Å². The Balaban J connectivity index is 1.61. The second-order valence-electron chi connectivity index (χ2n) is 5.91. The second kappa shape index (κ2) is 7.89. The van der Waals surface area contributed by atoms with Crippen LogP contribution in [-0.2, 0) is 4.79 Å². The molecule has 3 rings (SSSR count). The van der Waals surface area contributed by atoms with E-state index < -0.39 is 0 Å². The topological polar surface area (TPSA) is 51.2 Å². The Morgan fingerprint density at radius 3 is 2.68 bits per heavy atom. The Kier molecular flexibility index (Phi) is 5.60. The first-order valence-corrected chi connectivity index (χ1v) is 9.82. The van der Waals surface area contributed by atoms with Gasteiger partial charge in [0.25, 0.3) is 0 Å². The number of nitrogens with zero attached hydrogens (tertiary/aromatic N) is 1. The summed E-state index contributed by atoms with van der Waals surface area (Å²) in [6, 6.07) is 13.9. The molecule has 4 nitrogen and oxygen atoms in total. The molecule has 1 amide bonds. The average molecular weight is 373 g/mol. The molecule has 1 heterocycles. The molecule has 0 fully saturated rings. The smallest absolute Gasteiger partial charge is 0.236 e. The molecule has 130 valence electrons. The molecular weight excluding hydrogens is 352 g/mol. The fraction of sp³-hybridized carbons (Fsp3) is 0.263. The number of thioether (sulfide) groups is 1. The zero-order valence-corrected chi connectivity index (χ0v) is 16.0. The van der Waals surface area contributed by atoms with Gasteiger partial charge in [0.05, 0.1) is 23.1 Å². The van der Waals surface area contributed by atoms with Crippen LogP contribution >= 0.6 is 23.1 Å². The van der Waals surface area contributed by atoms with E-state index in [2.05, 4.69) is 36.3 Å². The summed E-state index contributed by atoms with van der Waals surface area (Å²) in [4.78, 5) is 17.7. The number of carbonyl (C=O) groups is 1. The highest BCUT2D eigenvalue weighted by Gasteiger charge is 2.10. The SMILES string of the molecule is COc1ccc(SCC(=O)Nc2nc3ccc(C(C)C)cc3s2)cc1. The molecule has 6 heteroatoms. The van der Waals surface area contributed by atoms with Crippen molar-refractivity contribution in [2.45, 2.75) is 24.7 Å². The molecule has 0 radical (unpaired) electrons. The highest BCUT2D eigenvalue weighted by molar-refractivity contribution is 8.00. The van der Waals surface area contributed by atoms with Crippen LogP contribution in [0.3, 0.4) is 0 Å². The molecule has 25 heavy (non-hydrogen) atoms. The number of thiazole rings is 1. The molecule has 0 saturated carbocycles. The van der Waals surface area contributed by atoms with Crippen molar-refractivity contribution in [3.8, 4) is 5.75 Å². The largest absolute Gasteiger partial charge is 0.497 e. The van der Waals surface area contributed by atoms with E-state index in [0.29, 0.717) is 16.8 Å². The number of aromatic nitrogens is 1. The normalized spacial score (nSPS) is 11.0. The van der Waals surface area contributed by atoms with Crippen LogP contribution in [0.5, 0.6) is 5.75 Å². The van der Waals surface area contributed by atoms with E-state index in [9.17, 15) is 4.79 Å². The fourth-order valence-corrected chi connectivity index (χ4v) is 3.96. The Labute approximate surface area is 155 Å². The summed E-state index contributed by atoms with van der Waals surface area (Å²) in [5, 5.41) is 3.55. The van der Waals surface area contributed by atoms with Gasteiger partial charge in [0, 0.05) is 4.90 Å². The van der Waals surface area contributed by atoms with Crippen molar-refractivity contribution < 1.29 is 9.53 Å². The Morgan fingerprint density at radius 1 is 1.24 bits per heavy atom. The number of fused-ring (bicyclic) bond motifs is 1. The lowest BCUT2D eigenvalue weighted by Gasteiger charge is -2.03. The van der Waals surface area contributed by atoms with Crippen LogP contribution in [-0.4, -0.2) is 23.8 Å². The van der Waals surface area contributed by atoms with E-state index in [0.717, 1.165) is 20.9 Å². The highest BCUT2D eigenvalue weighted by Crippen LogP contribution is 2.29. The van der Waals surface area contributed by atoms with E-state index in [1.807, 2.05) is 30.3 Å². The number of carbonyl (C=O) groups excluding carboxylic acids is 1. The third-order valence-electron chi connectivity index (χ3n) is 3.75. The van der Waals surface area contributed by atoms with Crippen molar-refractivity contribution in [1.29, 1.82) is 0 Å². The first-order valence-electron chi connectivity index (χ1n) is 8.02. The fourth-order valence-electron chi connectivity index (χ4n) is 2.33. The van der Waals surface area contributed by atoms with Crippen molar-refractivity contribution in [2.75, 3.05) is 18.2 Å². The van der Waals surface area contributed by atoms with Gasteiger partial charge in [-0.05, 0) is 47.9 Å². The summed E-state index contributed by atoms with van der Waals surface area (Å²) in [6.07, 6.45) is 0. The number of ether oxygens (including phenoxy) is 1. The highest BCUT2D eigenvalue weighted by atomic mass is 32.2. The summed E-state index contributed by atoms with van der Waals surface area (Å²) in [6.45, 7) is 4.34. The number of amides is 1. The third kappa shape index (κ3) is 4.52. The van der Waals surface area contributed by atoms with Crippen LogP contribution in [0.4, 0.5) is 5.13 Å². The zero-order valence-electron chi connectivity index (χ0n) is 14.4. The van der Waals surface area contributed by atoms with Gasteiger partial charge in [-0.2, -0.15) is 0 Å². The quantitative estimate of drug-likeness (QED) is 0.607. The lowest BCUT2D eigenvalue weighted by atomic mass is 10.0. The standard InChI is InChI=1S/C19H20N2O2S2/c1-12(2)13-4-9-16-17(10-13)25-19(20-16)21-18(22)11-24-15-7-5-14(23-3)6-8-15/h4-10,12H,11H2,1-3H3,(H,20,21,22). The molecule has 2 aromatic carbocycles. The van der Waals surface area contributed by atoms with Crippen LogP contribution in [0, 0.1) is 0 Å². The van der Waals surface area contributed by atoms with Crippen LogP contribution in [0.25, 0.3) is 10.2 Å². The lowest BCUT2D eigenvalue weighted by molar-refractivity contribution is -0.113. The number of methoxy groups -OCH3 is 1. The third-order valence-corrected chi connectivity index (χ3v) is 5.70. The van der Waals surface area contributed by atoms with Gasteiger partial charge in [0.15, 0.2) is 5.13 Å². The summed E-state index contributed by atoms with van der Waals surface area (Å²) < 4.78 is 6.23. The molecular formula is C19H20N2O2S2. The number of hydrogen-bond acceptors (Lipinski definition) is 5. The maximum absolute atomic E-state index is 12.2. The number of nitrogens with one attached hydrogen (secondary N) is 1. The first-order chi connectivity index (χ1) is 12.0. The molecule has 3 aromatic rings. The van der Waals surface area contributed by atoms with Gasteiger partial charge in [-0.15, -0.1) is 11.8 Å². The summed E-state index contributed by atoms with van der Waals surface area (Å²) in [5.74, 6) is 1.58. The molecule has 1 aromatic heterocycles. The van der Waals surface area contributed by atoms with Crippen LogP contribution in [0.15, 0.2) is 47.4 Å². The average Bonchev–Trinajstić information content (AvgIpc) is 3.01. The van der Waals surface area contributed by atoms with Gasteiger partial charge < -0.3 is 10.1 Å². The van der Waals surface area contributed by atoms with Gasteiger partial charge in [-0.3, -0.25) is 4.79 Å². The minimum absolute atomic E-state index is 0.0519. The Bertz CT molecular complexity index is 873. The van der Waals surface area contributed by atoms with E-state index in [1.165, 1.54) is 28.7 Å². The molecule has 0 aliphatic carbocycles. The molecule has 0 bridgehead atoms. The Morgan fingerprint density at radius 2 is 2.00 bits per heavy atom. The first kappa shape index (κ1) is 17.8. The van der Waals surface area contributed by atoms with Gasteiger partial charge >= 0.3 is 0 Å². The van der Waals surface area contributed by atoms with Crippen molar-refractivity contribution in [3.63, 3.8) is 0 Å². The summed E-state index contributed by atoms with van der Waals surface area (Å²) in [7, 11) is 1.64. The van der Waals surface area contributed by atoms with Crippen molar-refractivity contribution in [2.24, 2.45) is 0 Å². The predicted octanol–water partition coefficient (Wildman–Crippen LogP) is 5.16. The monoisotopic (exact) mass is 372 g/mol. The maximum atomic E-state index is 12.2. The van der Waals surface area contributed by atoms with E-state index in [-0.39, 0.29) is 5.91 Å². The molecule has 0 saturated heterocycles. The van der Waals surface area contributed by atoms with Crippen LogP contribution < -0.4 is 10.1 Å². The predicted molar refractivity (Wildman–Crippen MR) is 106 cm³/mol. The van der Waals surface area contributed by atoms with Gasteiger partial charge in [0.2, 0.25) is 5.91 Å². The lowest BCUT2D eigenvalue weighted by Crippen LogP contribution is -2.13. The minimum atomic E-state index is -0.0519. The second-order valence-corrected chi connectivity index (χ2v) is 7.99. The molecule has 0 atom stereocenters. The molecule has 0 unspecified atom stereocenters. The number of hydrogen-bond donors (Lipinski definition) is 1.